The molecule has 0 aliphatic carbocycles. The molecule has 0 N–H and O–H groups in total. The van der Waals surface area contributed by atoms with Gasteiger partial charge in [-0.25, -0.2) is 0 Å². The van der Waals surface area contributed by atoms with E-state index in [1.165, 1.54) is 25.0 Å². The van der Waals surface area contributed by atoms with Crippen molar-refractivity contribution >= 4 is 17.3 Å². The highest BCUT2D eigenvalue weighted by Crippen LogP contribution is 2.32. The third kappa shape index (κ3) is 3.08. The predicted octanol–water partition coefficient (Wildman–Crippen LogP) is 3.61. The Morgan fingerprint density at radius 1 is 1.08 bits per heavy atom. The van der Waals surface area contributed by atoms with E-state index >= 15 is 0 Å². The third-order valence-corrected chi connectivity index (χ3v) is 5.37. The van der Waals surface area contributed by atoms with Gasteiger partial charge in [-0.05, 0) is 43.1 Å². The highest BCUT2D eigenvalue weighted by molar-refractivity contribution is 6.06. The van der Waals surface area contributed by atoms with Crippen molar-refractivity contribution in [3.8, 4) is 0 Å². The Morgan fingerprint density at radius 3 is 2.62 bits per heavy atom. The Bertz CT molecular complexity index is 834. The summed E-state index contributed by atoms with van der Waals surface area (Å²) in [5, 5.41) is 10.9. The molecule has 1 amide bonds. The number of non-ortho nitro benzene ring substituents is 1. The van der Waals surface area contributed by atoms with Gasteiger partial charge in [-0.15, -0.1) is 0 Å². The highest BCUT2D eigenvalue weighted by Gasteiger charge is 2.32. The number of fused-ring (bicyclic) bond motifs is 2. The molecule has 2 aliphatic heterocycles. The Labute approximate surface area is 152 Å². The molecule has 2 heterocycles. The van der Waals surface area contributed by atoms with Gasteiger partial charge in [0.1, 0.15) is 0 Å². The summed E-state index contributed by atoms with van der Waals surface area (Å²) in [5.74, 6) is -0.0974. The number of benzene rings is 2. The van der Waals surface area contributed by atoms with Gasteiger partial charge in [-0.3, -0.25) is 19.8 Å². The molecule has 134 valence electrons. The van der Waals surface area contributed by atoms with E-state index in [2.05, 4.69) is 11.0 Å². The van der Waals surface area contributed by atoms with Gasteiger partial charge in [-0.2, -0.15) is 0 Å². The van der Waals surface area contributed by atoms with Gasteiger partial charge in [0.05, 0.1) is 4.92 Å². The van der Waals surface area contributed by atoms with Crippen molar-refractivity contribution in [2.45, 2.75) is 31.8 Å². The highest BCUT2D eigenvalue weighted by atomic mass is 16.6. The van der Waals surface area contributed by atoms with E-state index < -0.39 is 4.92 Å². The molecule has 0 bridgehead atoms. The number of anilines is 1. The van der Waals surface area contributed by atoms with Crippen LogP contribution in [0.1, 0.15) is 35.2 Å². The average molecular weight is 351 g/mol. The van der Waals surface area contributed by atoms with Crippen LogP contribution in [-0.4, -0.2) is 34.9 Å². The van der Waals surface area contributed by atoms with E-state index in [1.807, 2.05) is 23.1 Å². The minimum atomic E-state index is -0.449. The monoisotopic (exact) mass is 351 g/mol. The van der Waals surface area contributed by atoms with E-state index in [9.17, 15) is 14.9 Å². The zero-order chi connectivity index (χ0) is 18.1. The first-order chi connectivity index (χ1) is 12.6. The molecule has 0 radical (unpaired) electrons. The zero-order valence-electron chi connectivity index (χ0n) is 14.5. The number of carbonyl (C=O) groups is 1. The summed E-state index contributed by atoms with van der Waals surface area (Å²) >= 11 is 0. The molecule has 2 aromatic rings. The van der Waals surface area contributed by atoms with Crippen molar-refractivity contribution in [2.75, 3.05) is 18.0 Å². The molecule has 1 saturated heterocycles. The molecule has 0 aromatic heterocycles. The SMILES string of the molecule is O=C(c1ccc([N+](=O)[O-])cc1)N1CC2CCCCN2Cc2ccccc21. The molecule has 6 nitrogen and oxygen atoms in total. The number of nitro groups is 1. The minimum Gasteiger partial charge on any atom is -0.306 e. The molecule has 1 fully saturated rings. The van der Waals surface area contributed by atoms with E-state index in [0.29, 0.717) is 18.2 Å². The van der Waals surface area contributed by atoms with E-state index in [1.54, 1.807) is 12.1 Å². The number of amides is 1. The normalized spacial score (nSPS) is 20.0. The first-order valence-electron chi connectivity index (χ1n) is 9.02. The fourth-order valence-electron chi connectivity index (χ4n) is 3.98. The lowest BCUT2D eigenvalue weighted by atomic mass is 10.0. The number of para-hydroxylation sites is 1. The predicted molar refractivity (Wildman–Crippen MR) is 99.3 cm³/mol. The second-order valence-corrected chi connectivity index (χ2v) is 6.97. The van der Waals surface area contributed by atoms with Crippen molar-refractivity contribution in [3.63, 3.8) is 0 Å². The van der Waals surface area contributed by atoms with E-state index in [-0.39, 0.29) is 11.6 Å². The smallest absolute Gasteiger partial charge is 0.269 e. The maximum absolute atomic E-state index is 13.2. The molecule has 1 atom stereocenters. The van der Waals surface area contributed by atoms with Crippen molar-refractivity contribution < 1.29 is 9.72 Å². The summed E-state index contributed by atoms with van der Waals surface area (Å²) in [7, 11) is 0. The van der Waals surface area contributed by atoms with Crippen LogP contribution in [0.15, 0.2) is 48.5 Å². The van der Waals surface area contributed by atoms with Crippen LogP contribution in [0.4, 0.5) is 11.4 Å². The van der Waals surface area contributed by atoms with Crippen LogP contribution < -0.4 is 4.90 Å². The number of rotatable bonds is 2. The van der Waals surface area contributed by atoms with Crippen LogP contribution in [-0.2, 0) is 6.54 Å². The van der Waals surface area contributed by atoms with Crippen molar-refractivity contribution in [1.82, 2.24) is 4.90 Å². The van der Waals surface area contributed by atoms with Crippen LogP contribution in [0.3, 0.4) is 0 Å². The van der Waals surface area contributed by atoms with E-state index in [0.717, 1.165) is 30.8 Å². The molecule has 4 rings (SSSR count). The first-order valence-corrected chi connectivity index (χ1v) is 9.02. The Hall–Kier alpha value is -2.73. The van der Waals surface area contributed by atoms with Gasteiger partial charge in [0.15, 0.2) is 0 Å². The Kier molecular flexibility index (Phi) is 4.42. The van der Waals surface area contributed by atoms with Crippen LogP contribution in [0.25, 0.3) is 0 Å². The largest absolute Gasteiger partial charge is 0.306 e. The molecular formula is C20H21N3O3. The maximum atomic E-state index is 13.2. The molecule has 2 aliphatic rings. The van der Waals surface area contributed by atoms with Gasteiger partial charge in [0, 0.05) is 42.5 Å². The molecule has 2 aromatic carbocycles. The van der Waals surface area contributed by atoms with Crippen molar-refractivity contribution in [2.24, 2.45) is 0 Å². The molecule has 0 spiro atoms. The zero-order valence-corrected chi connectivity index (χ0v) is 14.5. The first kappa shape index (κ1) is 16.7. The van der Waals surface area contributed by atoms with Crippen LogP contribution in [0.5, 0.6) is 0 Å². The lowest BCUT2D eigenvalue weighted by molar-refractivity contribution is -0.384. The van der Waals surface area contributed by atoms with Gasteiger partial charge in [0.2, 0.25) is 0 Å². The van der Waals surface area contributed by atoms with Gasteiger partial charge in [-0.1, -0.05) is 24.6 Å². The second kappa shape index (κ2) is 6.88. The lowest BCUT2D eigenvalue weighted by Crippen LogP contribution is -2.45. The molecule has 0 saturated carbocycles. The lowest BCUT2D eigenvalue weighted by Gasteiger charge is -2.35. The summed E-state index contributed by atoms with van der Waals surface area (Å²) in [5.41, 5.74) is 2.59. The van der Waals surface area contributed by atoms with Crippen molar-refractivity contribution in [1.29, 1.82) is 0 Å². The van der Waals surface area contributed by atoms with Gasteiger partial charge < -0.3 is 4.90 Å². The number of hydrogen-bond acceptors (Lipinski definition) is 4. The van der Waals surface area contributed by atoms with Gasteiger partial charge in [0.25, 0.3) is 11.6 Å². The standard InChI is InChI=1S/C20H21N3O3/c24-20(15-8-10-17(11-9-15)23(25)26)22-14-18-6-3-4-12-21(18)13-16-5-1-2-7-19(16)22/h1-2,5,7-11,18H,3-4,6,12-14H2. The number of carbonyl (C=O) groups excluding carboxylic acids is 1. The van der Waals surface area contributed by atoms with Crippen LogP contribution in [0, 0.1) is 10.1 Å². The Morgan fingerprint density at radius 2 is 1.85 bits per heavy atom. The van der Waals surface area contributed by atoms with E-state index in [4.69, 9.17) is 0 Å². The topological polar surface area (TPSA) is 66.7 Å². The summed E-state index contributed by atoms with van der Waals surface area (Å²) in [6.45, 7) is 2.59. The number of hydrogen-bond donors (Lipinski definition) is 0. The molecule has 6 heteroatoms. The number of nitrogens with zero attached hydrogens (tertiary/aromatic N) is 3. The summed E-state index contributed by atoms with van der Waals surface area (Å²) in [6, 6.07) is 14.3. The maximum Gasteiger partial charge on any atom is 0.269 e. The third-order valence-electron chi connectivity index (χ3n) is 5.37. The Balaban J connectivity index is 1.69. The fraction of sp³-hybridized carbons (Fsp3) is 0.350. The van der Waals surface area contributed by atoms with Crippen molar-refractivity contribution in [3.05, 3.63) is 69.8 Å². The summed E-state index contributed by atoms with van der Waals surface area (Å²) in [4.78, 5) is 27.9. The molecule has 1 unspecified atom stereocenters. The number of piperidine rings is 1. The molecule has 26 heavy (non-hydrogen) atoms. The van der Waals surface area contributed by atoms with Gasteiger partial charge >= 0.3 is 0 Å². The fourth-order valence-corrected chi connectivity index (χ4v) is 3.98. The minimum absolute atomic E-state index is 0.00345. The quantitative estimate of drug-likeness (QED) is 0.612. The number of nitro benzene ring substituents is 1. The summed E-state index contributed by atoms with van der Waals surface area (Å²) < 4.78 is 0. The second-order valence-electron chi connectivity index (χ2n) is 6.97. The van der Waals surface area contributed by atoms with Crippen LogP contribution >= 0.6 is 0 Å². The average Bonchev–Trinajstić information content (AvgIpc) is 2.84. The summed E-state index contributed by atoms with van der Waals surface area (Å²) in [6.07, 6.45) is 3.49. The molecular weight excluding hydrogens is 330 g/mol. The van der Waals surface area contributed by atoms with Crippen LogP contribution in [0.2, 0.25) is 0 Å².